The van der Waals surface area contributed by atoms with Crippen LogP contribution >= 0.6 is 0 Å². The van der Waals surface area contributed by atoms with Crippen LogP contribution in [0.15, 0.2) is 0 Å². The molecule has 0 aromatic carbocycles. The first-order valence-electron chi connectivity index (χ1n) is 4.88. The Morgan fingerprint density at radius 3 is 1.82 bits per heavy atom. The Hall–Kier alpha value is 0. The molecule has 0 heteroatoms. The molecule has 0 spiro atoms. The first-order valence-corrected chi connectivity index (χ1v) is 4.88. The lowest BCUT2D eigenvalue weighted by Crippen LogP contribution is -2.19. The van der Waals surface area contributed by atoms with Crippen molar-refractivity contribution < 1.29 is 0 Å². The van der Waals surface area contributed by atoms with Gasteiger partial charge in [0.1, 0.15) is 0 Å². The monoisotopic (exact) mass is 156 g/mol. The summed E-state index contributed by atoms with van der Waals surface area (Å²) < 4.78 is 0. The normalized spacial score (nSPS) is 18.0. The molecule has 0 bridgehead atoms. The van der Waals surface area contributed by atoms with Crippen molar-refractivity contribution in [1.82, 2.24) is 0 Å². The highest BCUT2D eigenvalue weighted by Crippen LogP contribution is 2.31. The van der Waals surface area contributed by atoms with Crippen molar-refractivity contribution in [2.45, 2.75) is 54.4 Å². The largest absolute Gasteiger partial charge is 0.0651 e. The van der Waals surface area contributed by atoms with E-state index in [0.29, 0.717) is 5.41 Å². The first-order chi connectivity index (χ1) is 4.88. The maximum absolute atomic E-state index is 2.37. The summed E-state index contributed by atoms with van der Waals surface area (Å²) in [4.78, 5) is 0. The lowest BCUT2D eigenvalue weighted by Gasteiger charge is -2.29. The molecular formula is C11H24. The first kappa shape index (κ1) is 11.0. The van der Waals surface area contributed by atoms with Crippen molar-refractivity contribution in [1.29, 1.82) is 0 Å². The van der Waals surface area contributed by atoms with Crippen LogP contribution in [0.5, 0.6) is 0 Å². The highest BCUT2D eigenvalue weighted by molar-refractivity contribution is 4.71. The molecule has 0 aromatic heterocycles. The minimum atomic E-state index is 0.490. The summed E-state index contributed by atoms with van der Waals surface area (Å²) >= 11 is 0. The maximum atomic E-state index is 2.37. The summed E-state index contributed by atoms with van der Waals surface area (Å²) in [5.41, 5.74) is 0.490. The van der Waals surface area contributed by atoms with Crippen molar-refractivity contribution in [3.8, 4) is 0 Å². The van der Waals surface area contributed by atoms with Crippen LogP contribution in [-0.2, 0) is 0 Å². The van der Waals surface area contributed by atoms with Crippen molar-refractivity contribution in [2.75, 3.05) is 0 Å². The van der Waals surface area contributed by atoms with Gasteiger partial charge >= 0.3 is 0 Å². The van der Waals surface area contributed by atoms with E-state index in [1.807, 2.05) is 0 Å². The van der Waals surface area contributed by atoms with E-state index in [1.54, 1.807) is 0 Å². The minimum absolute atomic E-state index is 0.490. The second kappa shape index (κ2) is 4.13. The zero-order valence-corrected chi connectivity index (χ0v) is 9.07. The smallest absolute Gasteiger partial charge is 0.0357 e. The zero-order valence-electron chi connectivity index (χ0n) is 9.07. The van der Waals surface area contributed by atoms with Gasteiger partial charge in [0.25, 0.3) is 0 Å². The molecule has 2 atom stereocenters. The minimum Gasteiger partial charge on any atom is -0.0651 e. The van der Waals surface area contributed by atoms with Gasteiger partial charge in [-0.25, -0.2) is 0 Å². The Balaban J connectivity index is 3.77. The standard InChI is InChI=1S/C11H24/c1-7-9(2)8-10(3)11(4,5)6/h9-10H,7-8H2,1-6H3/t9-,10-/m0/s1. The van der Waals surface area contributed by atoms with Crippen LogP contribution < -0.4 is 0 Å². The molecule has 0 aromatic rings. The molecule has 0 nitrogen and oxygen atoms in total. The van der Waals surface area contributed by atoms with Gasteiger partial charge in [-0.05, 0) is 23.7 Å². The van der Waals surface area contributed by atoms with Crippen LogP contribution in [0.25, 0.3) is 0 Å². The molecule has 0 radical (unpaired) electrons. The average molecular weight is 156 g/mol. The molecular weight excluding hydrogens is 132 g/mol. The third kappa shape index (κ3) is 4.44. The van der Waals surface area contributed by atoms with Crippen LogP contribution in [0.2, 0.25) is 0 Å². The molecule has 68 valence electrons. The summed E-state index contributed by atoms with van der Waals surface area (Å²) in [6, 6.07) is 0. The summed E-state index contributed by atoms with van der Waals surface area (Å²) in [6.45, 7) is 14.0. The van der Waals surface area contributed by atoms with E-state index in [2.05, 4.69) is 41.5 Å². The molecule has 0 heterocycles. The molecule has 0 saturated heterocycles. The van der Waals surface area contributed by atoms with Crippen LogP contribution in [0.4, 0.5) is 0 Å². The molecule has 11 heavy (non-hydrogen) atoms. The third-order valence-electron chi connectivity index (χ3n) is 2.93. The van der Waals surface area contributed by atoms with E-state index in [4.69, 9.17) is 0 Å². The maximum Gasteiger partial charge on any atom is -0.0357 e. The van der Waals surface area contributed by atoms with Gasteiger partial charge in [-0.15, -0.1) is 0 Å². The van der Waals surface area contributed by atoms with Gasteiger partial charge in [0.05, 0.1) is 0 Å². The van der Waals surface area contributed by atoms with Crippen LogP contribution in [0.1, 0.15) is 54.4 Å². The second-order valence-electron chi connectivity index (χ2n) is 5.02. The fraction of sp³-hybridized carbons (Fsp3) is 1.00. The van der Waals surface area contributed by atoms with E-state index in [9.17, 15) is 0 Å². The SMILES string of the molecule is CC[C@H](C)C[C@H](C)C(C)(C)C. The Bertz CT molecular complexity index is 97.1. The predicted octanol–water partition coefficient (Wildman–Crippen LogP) is 4.10. The molecule has 0 fully saturated rings. The molecule has 0 amide bonds. The molecule has 0 N–H and O–H groups in total. The summed E-state index contributed by atoms with van der Waals surface area (Å²) in [5.74, 6) is 1.74. The van der Waals surface area contributed by atoms with Gasteiger partial charge in [0.15, 0.2) is 0 Å². The fourth-order valence-electron chi connectivity index (χ4n) is 1.12. The average Bonchev–Trinajstić information content (AvgIpc) is 1.85. The van der Waals surface area contributed by atoms with Crippen molar-refractivity contribution >= 4 is 0 Å². The highest BCUT2D eigenvalue weighted by Gasteiger charge is 2.20. The van der Waals surface area contributed by atoms with Gasteiger partial charge in [0, 0.05) is 0 Å². The third-order valence-corrected chi connectivity index (χ3v) is 2.93. The molecule has 0 rings (SSSR count). The lowest BCUT2D eigenvalue weighted by molar-refractivity contribution is 0.217. The van der Waals surface area contributed by atoms with Crippen LogP contribution in [0.3, 0.4) is 0 Å². The quantitative estimate of drug-likeness (QED) is 0.577. The van der Waals surface area contributed by atoms with E-state index in [0.717, 1.165) is 11.8 Å². The van der Waals surface area contributed by atoms with E-state index in [-0.39, 0.29) is 0 Å². The van der Waals surface area contributed by atoms with Gasteiger partial charge < -0.3 is 0 Å². The molecule has 0 aliphatic carbocycles. The predicted molar refractivity (Wildman–Crippen MR) is 52.7 cm³/mol. The Morgan fingerprint density at radius 2 is 1.55 bits per heavy atom. The topological polar surface area (TPSA) is 0 Å². The summed E-state index contributed by atoms with van der Waals surface area (Å²) in [7, 11) is 0. The van der Waals surface area contributed by atoms with Crippen molar-refractivity contribution in [3.05, 3.63) is 0 Å². The van der Waals surface area contributed by atoms with Gasteiger partial charge in [-0.3, -0.25) is 0 Å². The Kier molecular flexibility index (Phi) is 4.13. The van der Waals surface area contributed by atoms with E-state index < -0.39 is 0 Å². The number of hydrogen-bond donors (Lipinski definition) is 0. The number of hydrogen-bond acceptors (Lipinski definition) is 0. The van der Waals surface area contributed by atoms with Gasteiger partial charge in [-0.2, -0.15) is 0 Å². The highest BCUT2D eigenvalue weighted by atomic mass is 14.3. The van der Waals surface area contributed by atoms with Crippen molar-refractivity contribution in [2.24, 2.45) is 17.3 Å². The summed E-state index contributed by atoms with van der Waals surface area (Å²) in [5, 5.41) is 0. The fourth-order valence-corrected chi connectivity index (χ4v) is 1.12. The second-order valence-corrected chi connectivity index (χ2v) is 5.02. The molecule has 0 aliphatic heterocycles. The van der Waals surface area contributed by atoms with Gasteiger partial charge in [-0.1, -0.05) is 48.0 Å². The molecule has 0 saturated carbocycles. The van der Waals surface area contributed by atoms with Crippen LogP contribution in [-0.4, -0.2) is 0 Å². The Labute approximate surface area is 72.4 Å². The van der Waals surface area contributed by atoms with Gasteiger partial charge in [0.2, 0.25) is 0 Å². The van der Waals surface area contributed by atoms with E-state index in [1.165, 1.54) is 12.8 Å². The summed E-state index contributed by atoms with van der Waals surface area (Å²) in [6.07, 6.45) is 2.69. The molecule has 0 unspecified atom stereocenters. The lowest BCUT2D eigenvalue weighted by atomic mass is 9.77. The van der Waals surface area contributed by atoms with E-state index >= 15 is 0 Å². The van der Waals surface area contributed by atoms with Crippen LogP contribution in [0, 0.1) is 17.3 Å². The Morgan fingerprint density at radius 1 is 1.09 bits per heavy atom. The number of rotatable bonds is 3. The zero-order chi connectivity index (χ0) is 9.07. The molecule has 0 aliphatic rings. The van der Waals surface area contributed by atoms with Crippen molar-refractivity contribution in [3.63, 3.8) is 0 Å².